The van der Waals surface area contributed by atoms with Gasteiger partial charge in [0.25, 0.3) is 0 Å². The number of rotatable bonds is 10. The maximum atomic E-state index is 11.9. The molecule has 0 aliphatic carbocycles. The number of aromatic hydroxyl groups is 1. The number of esters is 1. The van der Waals surface area contributed by atoms with E-state index in [0.29, 0.717) is 31.2 Å². The highest BCUT2D eigenvalue weighted by Crippen LogP contribution is 2.35. The van der Waals surface area contributed by atoms with Gasteiger partial charge in [0.1, 0.15) is 36.0 Å². The van der Waals surface area contributed by atoms with Crippen molar-refractivity contribution in [1.29, 1.82) is 0 Å². The van der Waals surface area contributed by atoms with Gasteiger partial charge in [-0.05, 0) is 99.6 Å². The van der Waals surface area contributed by atoms with Crippen molar-refractivity contribution in [3.05, 3.63) is 76.3 Å². The summed E-state index contributed by atoms with van der Waals surface area (Å²) in [5, 5.41) is 13.9. The standard InChI is InChI=1S/C35H44N2O5/c1-22-15-28(18-36-31-16-23(2)42-35(31)39)32(38)17-34(22)41-21-27-10-6-11-29(24(27)3)30-12-7-13-33(25(30)4)40-20-26-9-8-14-37(5)19-26/h6-7,10-13,15,17,23,26,31,36,38H,8-9,14,16,18-21H2,1-5H3. The summed E-state index contributed by atoms with van der Waals surface area (Å²) < 4.78 is 17.8. The van der Waals surface area contributed by atoms with Crippen LogP contribution in [0.25, 0.3) is 11.1 Å². The quantitative estimate of drug-likeness (QED) is 0.285. The number of carbonyl (C=O) groups excluding carboxylic acids is 1. The van der Waals surface area contributed by atoms with E-state index in [0.717, 1.165) is 52.3 Å². The maximum absolute atomic E-state index is 11.9. The van der Waals surface area contributed by atoms with Crippen molar-refractivity contribution in [2.24, 2.45) is 5.92 Å². The Morgan fingerprint density at radius 2 is 1.76 bits per heavy atom. The fourth-order valence-electron chi connectivity index (χ4n) is 6.16. The Morgan fingerprint density at radius 1 is 1.00 bits per heavy atom. The van der Waals surface area contributed by atoms with Crippen LogP contribution in [0.4, 0.5) is 0 Å². The number of nitrogens with one attached hydrogen (secondary N) is 1. The summed E-state index contributed by atoms with van der Waals surface area (Å²) in [5.74, 6) is 2.05. The number of nitrogens with zero attached hydrogens (tertiary/aromatic N) is 1. The number of hydrogen-bond acceptors (Lipinski definition) is 7. The lowest BCUT2D eigenvalue weighted by Crippen LogP contribution is -2.34. The highest BCUT2D eigenvalue weighted by Gasteiger charge is 2.31. The van der Waals surface area contributed by atoms with E-state index in [4.69, 9.17) is 14.2 Å². The first-order valence-corrected chi connectivity index (χ1v) is 15.1. The summed E-state index contributed by atoms with van der Waals surface area (Å²) in [6.45, 7) is 11.9. The number of phenolic OH excluding ortho intramolecular Hbond substituents is 1. The molecule has 42 heavy (non-hydrogen) atoms. The van der Waals surface area contributed by atoms with Gasteiger partial charge in [-0.1, -0.05) is 30.3 Å². The average molecular weight is 573 g/mol. The van der Waals surface area contributed by atoms with Gasteiger partial charge in [0.05, 0.1) is 6.61 Å². The molecule has 7 heteroatoms. The largest absolute Gasteiger partial charge is 0.507 e. The summed E-state index contributed by atoms with van der Waals surface area (Å²) in [5.41, 5.74) is 7.36. The molecule has 3 aromatic rings. The predicted octanol–water partition coefficient (Wildman–Crippen LogP) is 6.08. The predicted molar refractivity (Wildman–Crippen MR) is 165 cm³/mol. The van der Waals surface area contributed by atoms with E-state index in [-0.39, 0.29) is 23.9 Å². The lowest BCUT2D eigenvalue weighted by molar-refractivity contribution is -0.142. The minimum absolute atomic E-state index is 0.0852. The van der Waals surface area contributed by atoms with Crippen LogP contribution < -0.4 is 14.8 Å². The van der Waals surface area contributed by atoms with Crippen LogP contribution in [0.15, 0.2) is 48.5 Å². The number of hydrogen-bond donors (Lipinski definition) is 2. The van der Waals surface area contributed by atoms with Crippen LogP contribution in [0, 0.1) is 26.7 Å². The second kappa shape index (κ2) is 13.2. The van der Waals surface area contributed by atoms with Crippen LogP contribution in [0.3, 0.4) is 0 Å². The summed E-state index contributed by atoms with van der Waals surface area (Å²) in [7, 11) is 2.19. The van der Waals surface area contributed by atoms with E-state index in [1.807, 2.05) is 19.9 Å². The number of phenols is 1. The molecule has 2 fully saturated rings. The van der Waals surface area contributed by atoms with Gasteiger partial charge < -0.3 is 29.5 Å². The molecule has 5 rings (SSSR count). The van der Waals surface area contributed by atoms with Crippen molar-refractivity contribution in [3.8, 4) is 28.4 Å². The molecule has 224 valence electrons. The Balaban J connectivity index is 1.25. The molecule has 3 atom stereocenters. The maximum Gasteiger partial charge on any atom is 0.323 e. The first-order valence-electron chi connectivity index (χ1n) is 15.1. The van der Waals surface area contributed by atoms with Crippen molar-refractivity contribution in [2.45, 2.75) is 72.3 Å². The van der Waals surface area contributed by atoms with E-state index < -0.39 is 0 Å². The Hall–Kier alpha value is -3.55. The second-order valence-electron chi connectivity index (χ2n) is 12.1. The zero-order valence-electron chi connectivity index (χ0n) is 25.5. The molecule has 3 aromatic carbocycles. The number of benzene rings is 3. The summed E-state index contributed by atoms with van der Waals surface area (Å²) in [4.78, 5) is 14.3. The van der Waals surface area contributed by atoms with Crippen molar-refractivity contribution in [2.75, 3.05) is 26.7 Å². The number of carbonyl (C=O) groups is 1. The molecular weight excluding hydrogens is 528 g/mol. The number of likely N-dealkylation sites (tertiary alicyclic amines) is 1. The van der Waals surface area contributed by atoms with Crippen LogP contribution in [0.2, 0.25) is 0 Å². The van der Waals surface area contributed by atoms with Gasteiger partial charge in [0.2, 0.25) is 0 Å². The lowest BCUT2D eigenvalue weighted by Gasteiger charge is -2.29. The van der Waals surface area contributed by atoms with Gasteiger partial charge in [-0.2, -0.15) is 0 Å². The lowest BCUT2D eigenvalue weighted by atomic mass is 9.93. The number of ether oxygens (including phenoxy) is 3. The fraction of sp³-hybridized carbons (Fsp3) is 0.457. The third-order valence-electron chi connectivity index (χ3n) is 8.68. The molecule has 2 heterocycles. The number of aryl methyl sites for hydroxylation is 1. The van der Waals surface area contributed by atoms with Crippen LogP contribution >= 0.6 is 0 Å². The molecule has 7 nitrogen and oxygen atoms in total. The van der Waals surface area contributed by atoms with Gasteiger partial charge in [0.15, 0.2) is 0 Å². The summed E-state index contributed by atoms with van der Waals surface area (Å²) in [6.07, 6.45) is 3.00. The van der Waals surface area contributed by atoms with Crippen LogP contribution in [-0.4, -0.2) is 54.9 Å². The number of cyclic esters (lactones) is 1. The molecule has 2 aliphatic heterocycles. The molecule has 0 bridgehead atoms. The Labute approximate surface area is 249 Å². The molecule has 0 radical (unpaired) electrons. The first-order chi connectivity index (χ1) is 20.2. The molecular formula is C35H44N2O5. The van der Waals surface area contributed by atoms with Crippen LogP contribution in [0.1, 0.15) is 54.0 Å². The highest BCUT2D eigenvalue weighted by atomic mass is 16.6. The minimum atomic E-state index is -0.347. The zero-order chi connectivity index (χ0) is 29.8. The van der Waals surface area contributed by atoms with Crippen LogP contribution in [-0.2, 0) is 22.7 Å². The zero-order valence-corrected chi connectivity index (χ0v) is 25.5. The van der Waals surface area contributed by atoms with E-state index in [1.165, 1.54) is 24.9 Å². The molecule has 0 spiro atoms. The Kier molecular flexibility index (Phi) is 9.39. The van der Waals surface area contributed by atoms with Gasteiger partial charge in [0, 0.05) is 37.1 Å². The SMILES string of the molecule is Cc1cc(CNC2CC(C)OC2=O)c(O)cc1OCc1cccc(-c2cccc(OCC3CCCN(C)C3)c2C)c1C. The van der Waals surface area contributed by atoms with Crippen molar-refractivity contribution in [3.63, 3.8) is 0 Å². The highest BCUT2D eigenvalue weighted by molar-refractivity contribution is 5.78. The second-order valence-corrected chi connectivity index (χ2v) is 12.1. The van der Waals surface area contributed by atoms with Gasteiger partial charge >= 0.3 is 5.97 Å². The Morgan fingerprint density at radius 3 is 2.50 bits per heavy atom. The van der Waals surface area contributed by atoms with Gasteiger partial charge in [-0.3, -0.25) is 4.79 Å². The average Bonchev–Trinajstić information content (AvgIpc) is 3.29. The van der Waals surface area contributed by atoms with Crippen molar-refractivity contribution < 1.29 is 24.1 Å². The Bertz CT molecular complexity index is 1420. The first kappa shape index (κ1) is 29.9. The monoisotopic (exact) mass is 572 g/mol. The fourth-order valence-corrected chi connectivity index (χ4v) is 6.16. The molecule has 2 aliphatic rings. The van der Waals surface area contributed by atoms with Gasteiger partial charge in [-0.15, -0.1) is 0 Å². The molecule has 0 amide bonds. The van der Waals surface area contributed by atoms with E-state index in [2.05, 4.69) is 67.5 Å². The molecule has 0 aromatic heterocycles. The third kappa shape index (κ3) is 6.90. The molecule has 3 unspecified atom stereocenters. The minimum Gasteiger partial charge on any atom is -0.507 e. The van der Waals surface area contributed by atoms with Crippen molar-refractivity contribution >= 4 is 5.97 Å². The summed E-state index contributed by atoms with van der Waals surface area (Å²) >= 11 is 0. The third-order valence-corrected chi connectivity index (χ3v) is 8.68. The number of piperidine rings is 1. The van der Waals surface area contributed by atoms with E-state index in [9.17, 15) is 9.90 Å². The van der Waals surface area contributed by atoms with Gasteiger partial charge in [-0.25, -0.2) is 0 Å². The normalized spacial score (nSPS) is 20.9. The molecule has 2 N–H and O–H groups in total. The van der Waals surface area contributed by atoms with Crippen LogP contribution in [0.5, 0.6) is 17.2 Å². The topological polar surface area (TPSA) is 80.3 Å². The molecule has 0 saturated carbocycles. The van der Waals surface area contributed by atoms with Crippen molar-refractivity contribution in [1.82, 2.24) is 10.2 Å². The van der Waals surface area contributed by atoms with E-state index in [1.54, 1.807) is 6.07 Å². The summed E-state index contributed by atoms with van der Waals surface area (Å²) in [6, 6.07) is 15.8. The smallest absolute Gasteiger partial charge is 0.323 e. The molecule has 2 saturated heterocycles. The van der Waals surface area contributed by atoms with E-state index >= 15 is 0 Å².